The minimum atomic E-state index is 0.693. The molecule has 0 spiro atoms. The number of nitrogen functional groups attached to an aromatic ring is 1. The Morgan fingerprint density at radius 1 is 1.38 bits per heavy atom. The maximum Gasteiger partial charge on any atom is 0.0506 e. The number of nitrogens with one attached hydrogen (secondary N) is 1. The lowest BCUT2D eigenvalue weighted by atomic mass is 10.1. The summed E-state index contributed by atoms with van der Waals surface area (Å²) in [6, 6.07) is 3.94. The van der Waals surface area contributed by atoms with Gasteiger partial charge in [-0.1, -0.05) is 0 Å². The average molecular weight is 173 g/mol. The second kappa shape index (κ2) is 2.94. The van der Waals surface area contributed by atoms with E-state index in [0.717, 1.165) is 16.8 Å². The molecule has 0 aliphatic carbocycles. The Balaban J connectivity index is 2.53. The van der Waals surface area contributed by atoms with Gasteiger partial charge < -0.3 is 10.7 Å². The van der Waals surface area contributed by atoms with E-state index in [2.05, 4.69) is 9.97 Å². The van der Waals surface area contributed by atoms with Crippen molar-refractivity contribution in [2.45, 2.75) is 6.92 Å². The fourth-order valence-corrected chi connectivity index (χ4v) is 1.37. The number of aromatic amines is 1. The molecule has 0 fully saturated rings. The van der Waals surface area contributed by atoms with Crippen LogP contribution in [0.3, 0.4) is 0 Å². The molecule has 3 N–H and O–H groups in total. The minimum Gasteiger partial charge on any atom is -0.397 e. The molecule has 0 unspecified atom stereocenters. The first kappa shape index (κ1) is 7.86. The number of hydrogen-bond donors (Lipinski definition) is 2. The fraction of sp³-hybridized carbons (Fsp3) is 0.100. The molecule has 0 aliphatic rings. The second-order valence-corrected chi connectivity index (χ2v) is 3.02. The maximum absolute atomic E-state index is 5.64. The Hall–Kier alpha value is -1.77. The van der Waals surface area contributed by atoms with Gasteiger partial charge >= 0.3 is 0 Å². The quantitative estimate of drug-likeness (QED) is 0.692. The Morgan fingerprint density at radius 3 is 2.85 bits per heavy atom. The third-order valence-corrected chi connectivity index (χ3v) is 2.02. The van der Waals surface area contributed by atoms with Crippen LogP contribution in [0, 0.1) is 6.92 Å². The first-order valence-electron chi connectivity index (χ1n) is 4.12. The summed E-state index contributed by atoms with van der Waals surface area (Å²) < 4.78 is 0. The molecular weight excluding hydrogens is 162 g/mol. The van der Waals surface area contributed by atoms with Crippen LogP contribution < -0.4 is 5.73 Å². The van der Waals surface area contributed by atoms with Crippen LogP contribution in [0.25, 0.3) is 11.1 Å². The van der Waals surface area contributed by atoms with Crippen molar-refractivity contribution in [3.05, 3.63) is 36.4 Å². The summed E-state index contributed by atoms with van der Waals surface area (Å²) in [7, 11) is 0. The summed E-state index contributed by atoms with van der Waals surface area (Å²) in [4.78, 5) is 7.16. The number of aryl methyl sites for hydroxylation is 1. The molecule has 0 amide bonds. The van der Waals surface area contributed by atoms with Crippen molar-refractivity contribution in [1.29, 1.82) is 0 Å². The van der Waals surface area contributed by atoms with Crippen LogP contribution in [-0.2, 0) is 0 Å². The topological polar surface area (TPSA) is 54.7 Å². The van der Waals surface area contributed by atoms with E-state index in [1.165, 1.54) is 0 Å². The lowest BCUT2D eigenvalue weighted by molar-refractivity contribution is 1.26. The van der Waals surface area contributed by atoms with Crippen molar-refractivity contribution in [3.63, 3.8) is 0 Å². The van der Waals surface area contributed by atoms with Crippen LogP contribution in [0.1, 0.15) is 5.69 Å². The van der Waals surface area contributed by atoms with E-state index in [1.54, 1.807) is 6.20 Å². The van der Waals surface area contributed by atoms with Crippen LogP contribution in [-0.4, -0.2) is 9.97 Å². The standard InChI is InChI=1S/C10H11N3/c1-7-10(2-3-13-7)8-4-9(11)6-12-5-8/h2-6,13H,11H2,1H3. The van der Waals surface area contributed by atoms with E-state index in [9.17, 15) is 0 Å². The predicted molar refractivity (Wildman–Crippen MR) is 53.2 cm³/mol. The first-order valence-corrected chi connectivity index (χ1v) is 4.12. The van der Waals surface area contributed by atoms with Gasteiger partial charge in [-0.25, -0.2) is 0 Å². The number of anilines is 1. The molecule has 66 valence electrons. The highest BCUT2D eigenvalue weighted by Crippen LogP contribution is 2.22. The molecule has 3 heteroatoms. The molecule has 2 rings (SSSR count). The van der Waals surface area contributed by atoms with Gasteiger partial charge in [-0.2, -0.15) is 0 Å². The van der Waals surface area contributed by atoms with Gasteiger partial charge in [0.2, 0.25) is 0 Å². The zero-order chi connectivity index (χ0) is 9.26. The number of hydrogen-bond acceptors (Lipinski definition) is 2. The molecule has 0 saturated heterocycles. The van der Waals surface area contributed by atoms with Crippen molar-refractivity contribution in [2.24, 2.45) is 0 Å². The zero-order valence-electron chi connectivity index (χ0n) is 7.41. The number of pyridine rings is 1. The van der Waals surface area contributed by atoms with E-state index in [0.29, 0.717) is 5.69 Å². The second-order valence-electron chi connectivity index (χ2n) is 3.02. The van der Waals surface area contributed by atoms with Crippen molar-refractivity contribution in [2.75, 3.05) is 5.73 Å². The monoisotopic (exact) mass is 173 g/mol. The summed E-state index contributed by atoms with van der Waals surface area (Å²) in [5.74, 6) is 0. The summed E-state index contributed by atoms with van der Waals surface area (Å²) in [5, 5.41) is 0. The first-order chi connectivity index (χ1) is 6.27. The Kier molecular flexibility index (Phi) is 1.77. The molecular formula is C10H11N3. The van der Waals surface area contributed by atoms with Gasteiger partial charge in [0.25, 0.3) is 0 Å². The summed E-state index contributed by atoms with van der Waals surface area (Å²) in [5.41, 5.74) is 9.67. The maximum atomic E-state index is 5.64. The minimum absolute atomic E-state index is 0.693. The van der Waals surface area contributed by atoms with Crippen molar-refractivity contribution >= 4 is 5.69 Å². The third-order valence-electron chi connectivity index (χ3n) is 2.02. The lowest BCUT2D eigenvalue weighted by Gasteiger charge is -2.00. The van der Waals surface area contributed by atoms with Gasteiger partial charge in [-0.05, 0) is 19.1 Å². The number of aromatic nitrogens is 2. The van der Waals surface area contributed by atoms with Crippen LogP contribution in [0.5, 0.6) is 0 Å². The highest BCUT2D eigenvalue weighted by Gasteiger charge is 2.02. The Labute approximate surface area is 76.6 Å². The largest absolute Gasteiger partial charge is 0.397 e. The van der Waals surface area contributed by atoms with Crippen molar-refractivity contribution in [1.82, 2.24) is 9.97 Å². The predicted octanol–water partition coefficient (Wildman–Crippen LogP) is 1.97. The van der Waals surface area contributed by atoms with E-state index in [4.69, 9.17) is 5.73 Å². The SMILES string of the molecule is Cc1[nH]ccc1-c1cncc(N)c1. The summed E-state index contributed by atoms with van der Waals surface area (Å²) in [6.45, 7) is 2.03. The Morgan fingerprint density at radius 2 is 2.23 bits per heavy atom. The van der Waals surface area contributed by atoms with Gasteiger partial charge in [-0.15, -0.1) is 0 Å². The summed E-state index contributed by atoms with van der Waals surface area (Å²) >= 11 is 0. The fourth-order valence-electron chi connectivity index (χ4n) is 1.37. The van der Waals surface area contributed by atoms with Gasteiger partial charge in [0.05, 0.1) is 5.69 Å². The van der Waals surface area contributed by atoms with Crippen molar-refractivity contribution < 1.29 is 0 Å². The van der Waals surface area contributed by atoms with Gasteiger partial charge in [0, 0.05) is 35.4 Å². The Bertz CT molecular complexity index is 418. The normalized spacial score (nSPS) is 10.2. The molecule has 2 aromatic heterocycles. The number of nitrogens with two attached hydrogens (primary N) is 1. The molecule has 0 radical (unpaired) electrons. The molecule has 2 heterocycles. The zero-order valence-corrected chi connectivity index (χ0v) is 7.41. The summed E-state index contributed by atoms with van der Waals surface area (Å²) in [6.07, 6.45) is 5.37. The van der Waals surface area contributed by atoms with E-state index in [-0.39, 0.29) is 0 Å². The molecule has 0 aromatic carbocycles. The van der Waals surface area contributed by atoms with E-state index >= 15 is 0 Å². The van der Waals surface area contributed by atoms with Crippen molar-refractivity contribution in [3.8, 4) is 11.1 Å². The number of rotatable bonds is 1. The van der Waals surface area contributed by atoms with E-state index < -0.39 is 0 Å². The van der Waals surface area contributed by atoms with Crippen LogP contribution in [0.2, 0.25) is 0 Å². The van der Waals surface area contributed by atoms with Gasteiger partial charge in [0.1, 0.15) is 0 Å². The molecule has 0 aliphatic heterocycles. The van der Waals surface area contributed by atoms with Crippen LogP contribution in [0.4, 0.5) is 5.69 Å². The molecule has 13 heavy (non-hydrogen) atoms. The van der Waals surface area contributed by atoms with Crippen LogP contribution >= 0.6 is 0 Å². The van der Waals surface area contributed by atoms with E-state index in [1.807, 2.05) is 31.5 Å². The lowest BCUT2D eigenvalue weighted by Crippen LogP contribution is -1.87. The molecule has 3 nitrogen and oxygen atoms in total. The molecule has 2 aromatic rings. The van der Waals surface area contributed by atoms with Gasteiger partial charge in [-0.3, -0.25) is 4.98 Å². The molecule has 0 atom stereocenters. The molecule has 0 saturated carbocycles. The number of H-pyrrole nitrogens is 1. The smallest absolute Gasteiger partial charge is 0.0506 e. The van der Waals surface area contributed by atoms with Crippen LogP contribution in [0.15, 0.2) is 30.7 Å². The van der Waals surface area contributed by atoms with Gasteiger partial charge in [0.15, 0.2) is 0 Å². The number of nitrogens with zero attached hydrogens (tertiary/aromatic N) is 1. The molecule has 0 bridgehead atoms. The third kappa shape index (κ3) is 1.40. The average Bonchev–Trinajstić information content (AvgIpc) is 2.51. The highest BCUT2D eigenvalue weighted by atomic mass is 14.7. The highest BCUT2D eigenvalue weighted by molar-refractivity contribution is 5.67.